The number of aromatic carboxylic acids is 1. The van der Waals surface area contributed by atoms with Crippen molar-refractivity contribution >= 4 is 17.6 Å². The minimum absolute atomic E-state index is 0.140. The lowest BCUT2D eigenvalue weighted by Gasteiger charge is -2.12. The van der Waals surface area contributed by atoms with Crippen molar-refractivity contribution in [2.75, 3.05) is 0 Å². The predicted molar refractivity (Wildman–Crippen MR) is 99.4 cm³/mol. The average Bonchev–Trinajstić information content (AvgIpc) is 2.60. The molecule has 3 rings (SSSR count). The SMILES string of the molecule is Cc1cccc(-c2ccc(OCc3cccc(Cl)c3)c(C(=O)O)c2)c1. The lowest BCUT2D eigenvalue weighted by molar-refractivity contribution is 0.0692. The molecule has 4 heteroatoms. The maximum Gasteiger partial charge on any atom is 0.339 e. The van der Waals surface area contributed by atoms with E-state index >= 15 is 0 Å². The molecule has 3 nitrogen and oxygen atoms in total. The van der Waals surface area contributed by atoms with Gasteiger partial charge in [-0.3, -0.25) is 0 Å². The van der Waals surface area contributed by atoms with Gasteiger partial charge >= 0.3 is 5.97 Å². The summed E-state index contributed by atoms with van der Waals surface area (Å²) >= 11 is 5.96. The number of hydrogen-bond donors (Lipinski definition) is 1. The van der Waals surface area contributed by atoms with E-state index in [2.05, 4.69) is 0 Å². The Morgan fingerprint density at radius 2 is 1.76 bits per heavy atom. The van der Waals surface area contributed by atoms with Crippen LogP contribution in [0.1, 0.15) is 21.5 Å². The van der Waals surface area contributed by atoms with Crippen LogP contribution in [0.2, 0.25) is 5.02 Å². The van der Waals surface area contributed by atoms with Gasteiger partial charge in [0.05, 0.1) is 0 Å². The number of ether oxygens (including phenoxy) is 1. The third-order valence-corrected chi connectivity index (χ3v) is 4.08. The zero-order chi connectivity index (χ0) is 17.8. The van der Waals surface area contributed by atoms with E-state index in [1.54, 1.807) is 24.3 Å². The van der Waals surface area contributed by atoms with Gasteiger partial charge in [0.15, 0.2) is 0 Å². The minimum Gasteiger partial charge on any atom is -0.488 e. The summed E-state index contributed by atoms with van der Waals surface area (Å²) in [7, 11) is 0. The van der Waals surface area contributed by atoms with Gasteiger partial charge in [-0.1, -0.05) is 59.6 Å². The molecule has 0 fully saturated rings. The monoisotopic (exact) mass is 352 g/mol. The first-order valence-corrected chi connectivity index (χ1v) is 8.22. The van der Waals surface area contributed by atoms with E-state index in [9.17, 15) is 9.90 Å². The predicted octanol–water partition coefficient (Wildman–Crippen LogP) is 5.59. The Kier molecular flexibility index (Phi) is 5.05. The molecule has 0 radical (unpaired) electrons. The van der Waals surface area contributed by atoms with Gasteiger partial charge < -0.3 is 9.84 Å². The highest BCUT2D eigenvalue weighted by atomic mass is 35.5. The second kappa shape index (κ2) is 7.41. The standard InChI is InChI=1S/C21H17ClO3/c1-14-4-2-6-16(10-14)17-8-9-20(19(12-17)21(23)24)25-13-15-5-3-7-18(22)11-15/h2-12H,13H2,1H3,(H,23,24). The number of carboxylic acid groups (broad SMARTS) is 1. The van der Waals surface area contributed by atoms with Crippen molar-refractivity contribution in [3.05, 3.63) is 88.4 Å². The molecule has 3 aromatic rings. The summed E-state index contributed by atoms with van der Waals surface area (Å²) in [5.74, 6) is -0.681. The third-order valence-electron chi connectivity index (χ3n) is 3.84. The number of aryl methyl sites for hydroxylation is 1. The molecular formula is C21H17ClO3. The van der Waals surface area contributed by atoms with E-state index in [1.807, 2.05) is 49.4 Å². The van der Waals surface area contributed by atoms with Crippen molar-refractivity contribution in [1.82, 2.24) is 0 Å². The molecule has 0 heterocycles. The molecule has 0 bridgehead atoms. The molecule has 0 aromatic heterocycles. The molecule has 1 N–H and O–H groups in total. The summed E-state index contributed by atoms with van der Waals surface area (Å²) < 4.78 is 5.71. The van der Waals surface area contributed by atoms with Gasteiger partial charge in [-0.05, 0) is 47.9 Å². The van der Waals surface area contributed by atoms with Gasteiger partial charge in [0.1, 0.15) is 17.9 Å². The van der Waals surface area contributed by atoms with Crippen molar-refractivity contribution in [3.8, 4) is 16.9 Å². The normalized spacial score (nSPS) is 10.5. The number of hydrogen-bond acceptors (Lipinski definition) is 2. The van der Waals surface area contributed by atoms with Crippen molar-refractivity contribution < 1.29 is 14.6 Å². The van der Waals surface area contributed by atoms with Crippen LogP contribution in [-0.4, -0.2) is 11.1 Å². The lowest BCUT2D eigenvalue weighted by atomic mass is 10.0. The molecule has 25 heavy (non-hydrogen) atoms. The Bertz CT molecular complexity index is 919. The quantitative estimate of drug-likeness (QED) is 0.650. The van der Waals surface area contributed by atoms with Crippen LogP contribution in [0.25, 0.3) is 11.1 Å². The highest BCUT2D eigenvalue weighted by Crippen LogP contribution is 2.28. The van der Waals surface area contributed by atoms with E-state index in [-0.39, 0.29) is 12.2 Å². The van der Waals surface area contributed by atoms with Crippen LogP contribution < -0.4 is 4.74 Å². The van der Waals surface area contributed by atoms with E-state index in [1.165, 1.54) is 0 Å². The molecule has 126 valence electrons. The van der Waals surface area contributed by atoms with Crippen molar-refractivity contribution in [1.29, 1.82) is 0 Å². The maximum atomic E-state index is 11.6. The topological polar surface area (TPSA) is 46.5 Å². The molecule has 0 amide bonds. The molecule has 0 unspecified atom stereocenters. The molecule has 0 spiro atoms. The van der Waals surface area contributed by atoms with Crippen LogP contribution >= 0.6 is 11.6 Å². The first-order chi connectivity index (χ1) is 12.0. The van der Waals surface area contributed by atoms with Gasteiger partial charge in [-0.2, -0.15) is 0 Å². The molecule has 0 saturated carbocycles. The average molecular weight is 353 g/mol. The van der Waals surface area contributed by atoms with Gasteiger partial charge in [0.25, 0.3) is 0 Å². The van der Waals surface area contributed by atoms with E-state index in [4.69, 9.17) is 16.3 Å². The van der Waals surface area contributed by atoms with Crippen molar-refractivity contribution in [2.24, 2.45) is 0 Å². The Labute approximate surface area is 151 Å². The van der Waals surface area contributed by atoms with Crippen LogP contribution in [0.15, 0.2) is 66.7 Å². The summed E-state index contributed by atoms with van der Waals surface area (Å²) in [4.78, 5) is 11.6. The Hall–Kier alpha value is -2.78. The van der Waals surface area contributed by atoms with E-state index < -0.39 is 5.97 Å². The first-order valence-electron chi connectivity index (χ1n) is 7.84. The van der Waals surface area contributed by atoms with E-state index in [0.29, 0.717) is 10.8 Å². The zero-order valence-corrected chi connectivity index (χ0v) is 14.5. The first kappa shape index (κ1) is 17.1. The number of rotatable bonds is 5. The summed E-state index contributed by atoms with van der Waals surface area (Å²) in [6.07, 6.45) is 0. The fourth-order valence-electron chi connectivity index (χ4n) is 2.62. The molecular weight excluding hydrogens is 336 g/mol. The Balaban J connectivity index is 1.88. The summed E-state index contributed by atoms with van der Waals surface area (Å²) in [6.45, 7) is 2.26. The second-order valence-corrected chi connectivity index (χ2v) is 6.24. The van der Waals surface area contributed by atoms with Crippen molar-refractivity contribution in [3.63, 3.8) is 0 Å². The van der Waals surface area contributed by atoms with Crippen LogP contribution in [-0.2, 0) is 6.61 Å². The number of carboxylic acids is 1. The number of carbonyl (C=O) groups is 1. The molecule has 0 aliphatic carbocycles. The highest BCUT2D eigenvalue weighted by molar-refractivity contribution is 6.30. The van der Waals surface area contributed by atoms with Crippen LogP contribution in [0.3, 0.4) is 0 Å². The summed E-state index contributed by atoms with van der Waals surface area (Å²) in [5, 5.41) is 10.2. The second-order valence-electron chi connectivity index (χ2n) is 5.80. The molecule has 0 atom stereocenters. The van der Waals surface area contributed by atoms with Gasteiger partial charge in [0, 0.05) is 5.02 Å². The van der Waals surface area contributed by atoms with Crippen LogP contribution in [0, 0.1) is 6.92 Å². The van der Waals surface area contributed by atoms with Crippen LogP contribution in [0.4, 0.5) is 0 Å². The Morgan fingerprint density at radius 3 is 2.48 bits per heavy atom. The van der Waals surface area contributed by atoms with Gasteiger partial charge in [0.2, 0.25) is 0 Å². The van der Waals surface area contributed by atoms with Crippen molar-refractivity contribution in [2.45, 2.75) is 13.5 Å². The van der Waals surface area contributed by atoms with Gasteiger partial charge in [-0.25, -0.2) is 4.79 Å². The number of halogens is 1. The van der Waals surface area contributed by atoms with E-state index in [0.717, 1.165) is 22.3 Å². The summed E-state index contributed by atoms with van der Waals surface area (Å²) in [5.41, 5.74) is 3.96. The lowest BCUT2D eigenvalue weighted by Crippen LogP contribution is -2.04. The minimum atomic E-state index is -1.02. The van der Waals surface area contributed by atoms with Crippen LogP contribution in [0.5, 0.6) is 5.75 Å². The molecule has 0 aliphatic rings. The van der Waals surface area contributed by atoms with Gasteiger partial charge in [-0.15, -0.1) is 0 Å². The fraction of sp³-hybridized carbons (Fsp3) is 0.0952. The fourth-order valence-corrected chi connectivity index (χ4v) is 2.83. The maximum absolute atomic E-state index is 11.6. The highest BCUT2D eigenvalue weighted by Gasteiger charge is 2.13. The number of benzene rings is 3. The smallest absolute Gasteiger partial charge is 0.339 e. The summed E-state index contributed by atoms with van der Waals surface area (Å²) in [6, 6.07) is 20.4. The largest absolute Gasteiger partial charge is 0.488 e. The molecule has 0 saturated heterocycles. The Morgan fingerprint density at radius 1 is 1.00 bits per heavy atom. The molecule has 3 aromatic carbocycles. The third kappa shape index (κ3) is 4.20. The zero-order valence-electron chi connectivity index (χ0n) is 13.7. The molecule has 0 aliphatic heterocycles.